The van der Waals surface area contributed by atoms with Crippen molar-refractivity contribution in [3.63, 3.8) is 0 Å². The number of aliphatic carboxylic acids is 1. The van der Waals surface area contributed by atoms with Gasteiger partial charge in [0.1, 0.15) is 6.04 Å². The second-order valence-corrected chi connectivity index (χ2v) is 4.56. The van der Waals surface area contributed by atoms with Crippen LogP contribution in [0.2, 0.25) is 0 Å². The van der Waals surface area contributed by atoms with Crippen LogP contribution in [0.25, 0.3) is 0 Å². The summed E-state index contributed by atoms with van der Waals surface area (Å²) >= 11 is 0. The SMILES string of the molecule is CCNC(CC1CCN(CC)CC1)C(=O)O. The van der Waals surface area contributed by atoms with Crippen molar-refractivity contribution in [1.29, 1.82) is 0 Å². The topological polar surface area (TPSA) is 52.6 Å². The van der Waals surface area contributed by atoms with Crippen molar-refractivity contribution in [3.8, 4) is 0 Å². The molecule has 1 saturated heterocycles. The Kier molecular flexibility index (Phi) is 5.77. The molecule has 0 amide bonds. The summed E-state index contributed by atoms with van der Waals surface area (Å²) in [6.45, 7) is 8.22. The second-order valence-electron chi connectivity index (χ2n) is 4.56. The van der Waals surface area contributed by atoms with Crippen LogP contribution in [0.3, 0.4) is 0 Å². The van der Waals surface area contributed by atoms with E-state index < -0.39 is 5.97 Å². The van der Waals surface area contributed by atoms with Crippen LogP contribution in [-0.4, -0.2) is 48.2 Å². The van der Waals surface area contributed by atoms with Crippen LogP contribution in [0.1, 0.15) is 33.1 Å². The van der Waals surface area contributed by atoms with Crippen LogP contribution in [0.4, 0.5) is 0 Å². The largest absolute Gasteiger partial charge is 0.480 e. The van der Waals surface area contributed by atoms with Crippen LogP contribution < -0.4 is 5.32 Å². The Labute approximate surface area is 98.0 Å². The first-order valence-corrected chi connectivity index (χ1v) is 6.35. The van der Waals surface area contributed by atoms with Gasteiger partial charge in [0.2, 0.25) is 0 Å². The maximum absolute atomic E-state index is 11.0. The normalized spacial score (nSPS) is 20.9. The zero-order chi connectivity index (χ0) is 12.0. The van der Waals surface area contributed by atoms with Gasteiger partial charge in [-0.15, -0.1) is 0 Å². The number of nitrogens with zero attached hydrogens (tertiary/aromatic N) is 1. The number of nitrogens with one attached hydrogen (secondary N) is 1. The van der Waals surface area contributed by atoms with Gasteiger partial charge in [0.25, 0.3) is 0 Å². The Morgan fingerprint density at radius 1 is 1.44 bits per heavy atom. The molecule has 1 heterocycles. The molecule has 1 unspecified atom stereocenters. The van der Waals surface area contributed by atoms with E-state index in [1.807, 2.05) is 6.92 Å². The first-order valence-electron chi connectivity index (χ1n) is 6.35. The lowest BCUT2D eigenvalue weighted by molar-refractivity contribution is -0.140. The van der Waals surface area contributed by atoms with Gasteiger partial charge < -0.3 is 15.3 Å². The molecule has 4 heteroatoms. The molecule has 0 aromatic heterocycles. The van der Waals surface area contributed by atoms with Gasteiger partial charge in [0.15, 0.2) is 0 Å². The fourth-order valence-corrected chi connectivity index (χ4v) is 2.39. The predicted octanol–water partition coefficient (Wildman–Crippen LogP) is 1.17. The standard InChI is InChI=1S/C12H24N2O2/c1-3-13-11(12(15)16)9-10-5-7-14(4-2)8-6-10/h10-11,13H,3-9H2,1-2H3,(H,15,16). The third-order valence-electron chi connectivity index (χ3n) is 3.47. The van der Waals surface area contributed by atoms with Crippen LogP contribution in [0, 0.1) is 5.92 Å². The highest BCUT2D eigenvalue weighted by molar-refractivity contribution is 5.73. The van der Waals surface area contributed by atoms with E-state index in [0.717, 1.165) is 45.4 Å². The Balaban J connectivity index is 2.33. The summed E-state index contributed by atoms with van der Waals surface area (Å²) in [5.41, 5.74) is 0. The first kappa shape index (κ1) is 13.5. The summed E-state index contributed by atoms with van der Waals surface area (Å²) in [7, 11) is 0. The van der Waals surface area contributed by atoms with E-state index >= 15 is 0 Å². The number of piperidine rings is 1. The van der Waals surface area contributed by atoms with Crippen molar-refractivity contribution in [3.05, 3.63) is 0 Å². The van der Waals surface area contributed by atoms with Crippen molar-refractivity contribution >= 4 is 5.97 Å². The molecule has 1 aliphatic heterocycles. The minimum Gasteiger partial charge on any atom is -0.480 e. The number of carbonyl (C=O) groups is 1. The van der Waals surface area contributed by atoms with E-state index in [1.54, 1.807) is 0 Å². The van der Waals surface area contributed by atoms with Gasteiger partial charge >= 0.3 is 5.97 Å². The molecule has 0 bridgehead atoms. The molecule has 1 rings (SSSR count). The lowest BCUT2D eigenvalue weighted by Crippen LogP contribution is -2.41. The van der Waals surface area contributed by atoms with Crippen molar-refractivity contribution in [1.82, 2.24) is 10.2 Å². The van der Waals surface area contributed by atoms with Crippen molar-refractivity contribution < 1.29 is 9.90 Å². The van der Waals surface area contributed by atoms with Gasteiger partial charge in [-0.25, -0.2) is 0 Å². The van der Waals surface area contributed by atoms with E-state index in [4.69, 9.17) is 5.11 Å². The molecular weight excluding hydrogens is 204 g/mol. The molecule has 0 aromatic carbocycles. The minimum absolute atomic E-state index is 0.358. The summed E-state index contributed by atoms with van der Waals surface area (Å²) in [5.74, 6) is -0.136. The summed E-state index contributed by atoms with van der Waals surface area (Å²) in [5, 5.41) is 12.1. The Morgan fingerprint density at radius 3 is 2.50 bits per heavy atom. The number of hydrogen-bond donors (Lipinski definition) is 2. The summed E-state index contributed by atoms with van der Waals surface area (Å²) in [6.07, 6.45) is 3.06. The van der Waals surface area contributed by atoms with E-state index in [-0.39, 0.29) is 6.04 Å². The zero-order valence-electron chi connectivity index (χ0n) is 10.4. The number of likely N-dealkylation sites (tertiary alicyclic amines) is 1. The predicted molar refractivity (Wildman–Crippen MR) is 64.6 cm³/mol. The van der Waals surface area contributed by atoms with Crippen LogP contribution in [0.15, 0.2) is 0 Å². The van der Waals surface area contributed by atoms with Crippen LogP contribution in [0.5, 0.6) is 0 Å². The number of carboxylic acid groups (broad SMARTS) is 1. The van der Waals surface area contributed by atoms with Gasteiger partial charge in [-0.3, -0.25) is 4.79 Å². The van der Waals surface area contributed by atoms with Crippen molar-refractivity contribution in [2.24, 2.45) is 5.92 Å². The van der Waals surface area contributed by atoms with E-state index in [9.17, 15) is 4.79 Å². The van der Waals surface area contributed by atoms with E-state index in [0.29, 0.717) is 5.92 Å². The lowest BCUT2D eigenvalue weighted by atomic mass is 9.90. The molecule has 0 aliphatic carbocycles. The van der Waals surface area contributed by atoms with Crippen LogP contribution >= 0.6 is 0 Å². The summed E-state index contributed by atoms with van der Waals surface area (Å²) in [4.78, 5) is 13.4. The second kappa shape index (κ2) is 6.86. The van der Waals surface area contributed by atoms with Gasteiger partial charge in [-0.2, -0.15) is 0 Å². The number of carboxylic acids is 1. The van der Waals surface area contributed by atoms with Crippen molar-refractivity contribution in [2.45, 2.75) is 39.2 Å². The van der Waals surface area contributed by atoms with Crippen molar-refractivity contribution in [2.75, 3.05) is 26.2 Å². The molecule has 0 radical (unpaired) electrons. The average Bonchev–Trinajstić information content (AvgIpc) is 2.29. The molecule has 0 spiro atoms. The smallest absolute Gasteiger partial charge is 0.320 e. The highest BCUT2D eigenvalue weighted by Gasteiger charge is 2.24. The molecule has 1 aliphatic rings. The zero-order valence-corrected chi connectivity index (χ0v) is 10.4. The molecular formula is C12H24N2O2. The van der Waals surface area contributed by atoms with E-state index in [2.05, 4.69) is 17.1 Å². The molecule has 4 nitrogen and oxygen atoms in total. The monoisotopic (exact) mass is 228 g/mol. The maximum atomic E-state index is 11.0. The molecule has 16 heavy (non-hydrogen) atoms. The highest BCUT2D eigenvalue weighted by atomic mass is 16.4. The number of hydrogen-bond acceptors (Lipinski definition) is 3. The summed E-state index contributed by atoms with van der Waals surface area (Å²) in [6, 6.07) is -0.358. The highest BCUT2D eigenvalue weighted by Crippen LogP contribution is 2.21. The third-order valence-corrected chi connectivity index (χ3v) is 3.47. The average molecular weight is 228 g/mol. The molecule has 1 fully saturated rings. The summed E-state index contributed by atoms with van der Waals surface area (Å²) < 4.78 is 0. The minimum atomic E-state index is -0.709. The lowest BCUT2D eigenvalue weighted by Gasteiger charge is -2.32. The molecule has 94 valence electrons. The maximum Gasteiger partial charge on any atom is 0.320 e. The first-order chi connectivity index (χ1) is 7.67. The van der Waals surface area contributed by atoms with Crippen LogP contribution in [-0.2, 0) is 4.79 Å². The molecule has 2 N–H and O–H groups in total. The Morgan fingerprint density at radius 2 is 2.06 bits per heavy atom. The fraction of sp³-hybridized carbons (Fsp3) is 0.917. The molecule has 0 aromatic rings. The van der Waals surface area contributed by atoms with Gasteiger partial charge in [-0.05, 0) is 51.4 Å². The van der Waals surface area contributed by atoms with Gasteiger partial charge in [-0.1, -0.05) is 13.8 Å². The molecule has 1 atom stereocenters. The quantitative estimate of drug-likeness (QED) is 0.716. The molecule has 0 saturated carbocycles. The third kappa shape index (κ3) is 4.10. The Bertz CT molecular complexity index is 213. The number of likely N-dealkylation sites (N-methyl/N-ethyl adjacent to an activating group) is 1. The fourth-order valence-electron chi connectivity index (χ4n) is 2.39. The van der Waals surface area contributed by atoms with Gasteiger partial charge in [0.05, 0.1) is 0 Å². The number of rotatable bonds is 6. The van der Waals surface area contributed by atoms with Gasteiger partial charge in [0, 0.05) is 0 Å². The van der Waals surface area contributed by atoms with E-state index in [1.165, 1.54) is 0 Å². The Hall–Kier alpha value is -0.610.